The molecule has 2 aromatic carbocycles. The molecule has 236 valence electrons. The van der Waals surface area contributed by atoms with Crippen LogP contribution in [0.25, 0.3) is 11.1 Å². The topological polar surface area (TPSA) is 190 Å². The van der Waals surface area contributed by atoms with Crippen LogP contribution >= 0.6 is 11.8 Å². The van der Waals surface area contributed by atoms with Crippen molar-refractivity contribution in [2.24, 2.45) is 5.73 Å². The van der Waals surface area contributed by atoms with Gasteiger partial charge in [-0.25, -0.2) is 4.79 Å². The molecule has 6 atom stereocenters. The highest BCUT2D eigenvalue weighted by atomic mass is 32.2. The lowest BCUT2D eigenvalue weighted by molar-refractivity contribution is -0.311. The van der Waals surface area contributed by atoms with Gasteiger partial charge in [-0.05, 0) is 35.4 Å². The SMILES string of the molecule is COC(=O)C1(OCCCSCCN)CC(O)C(NC(C)=O)C([C@H](O)C(O)CNC(=O)c2ccc(-c3ccccc3)cc2)O1. The number of nitrogens with two attached hydrogens (primary N) is 1. The van der Waals surface area contributed by atoms with E-state index in [0.717, 1.165) is 24.0 Å². The van der Waals surface area contributed by atoms with E-state index in [1.807, 2.05) is 30.3 Å². The van der Waals surface area contributed by atoms with E-state index in [-0.39, 0.29) is 6.61 Å². The molecule has 1 fully saturated rings. The fourth-order valence-corrected chi connectivity index (χ4v) is 5.46. The maximum atomic E-state index is 12.9. The smallest absolute Gasteiger partial charge is 0.366 e. The highest BCUT2D eigenvalue weighted by Crippen LogP contribution is 2.34. The quantitative estimate of drug-likeness (QED) is 0.120. The zero-order valence-corrected chi connectivity index (χ0v) is 25.1. The molecule has 13 heteroatoms. The van der Waals surface area contributed by atoms with Crippen molar-refractivity contribution in [1.82, 2.24) is 10.6 Å². The second-order valence-electron chi connectivity index (χ2n) is 10.1. The average Bonchev–Trinajstić information content (AvgIpc) is 3.02. The van der Waals surface area contributed by atoms with Gasteiger partial charge < -0.3 is 45.9 Å². The Morgan fingerprint density at radius 1 is 1.09 bits per heavy atom. The number of hydrogen-bond acceptors (Lipinski definition) is 11. The standard InChI is InChI=1S/C30H41N3O9S/c1-19(34)33-25-23(35)17-30(29(39)40-2,41-14-6-15-43-16-13-31)42-27(25)26(37)24(36)18-32-28(38)22-11-9-21(10-12-22)20-7-4-3-5-8-20/h3-5,7-12,23-27,35-37H,6,13-18,31H2,1-2H3,(H,32,38)(H,33,34)/t23?,24?,25?,26-,27?,30?/m1/s1. The van der Waals surface area contributed by atoms with Crippen molar-refractivity contribution in [2.45, 2.75) is 56.0 Å². The third-order valence-corrected chi connectivity index (χ3v) is 8.03. The van der Waals surface area contributed by atoms with Gasteiger partial charge in [0.05, 0.1) is 32.0 Å². The highest BCUT2D eigenvalue weighted by Gasteiger charge is 2.56. The van der Waals surface area contributed by atoms with E-state index < -0.39 is 67.0 Å². The van der Waals surface area contributed by atoms with Crippen LogP contribution in [0.5, 0.6) is 0 Å². The molecule has 0 aliphatic carbocycles. The van der Waals surface area contributed by atoms with Gasteiger partial charge in [0.2, 0.25) is 5.91 Å². The molecule has 0 saturated carbocycles. The van der Waals surface area contributed by atoms with Crippen LogP contribution in [-0.2, 0) is 23.8 Å². The summed E-state index contributed by atoms with van der Waals surface area (Å²) in [6, 6.07) is 15.3. The fourth-order valence-electron chi connectivity index (χ4n) is 4.76. The number of ether oxygens (including phenoxy) is 3. The summed E-state index contributed by atoms with van der Waals surface area (Å²) in [7, 11) is 1.13. The van der Waals surface area contributed by atoms with Gasteiger partial charge in [-0.3, -0.25) is 9.59 Å². The molecule has 0 aromatic heterocycles. The molecule has 0 spiro atoms. The molecule has 3 rings (SSSR count). The molecular formula is C30H41N3O9S. The van der Waals surface area contributed by atoms with Crippen molar-refractivity contribution in [3.8, 4) is 11.1 Å². The zero-order valence-electron chi connectivity index (χ0n) is 24.3. The number of aliphatic hydroxyl groups excluding tert-OH is 3. The van der Waals surface area contributed by atoms with Crippen molar-refractivity contribution in [1.29, 1.82) is 0 Å². The summed E-state index contributed by atoms with van der Waals surface area (Å²) in [5.41, 5.74) is 7.76. The number of methoxy groups -OCH3 is 1. The largest absolute Gasteiger partial charge is 0.465 e. The number of rotatable bonds is 15. The van der Waals surface area contributed by atoms with Crippen LogP contribution in [0.1, 0.15) is 30.1 Å². The minimum Gasteiger partial charge on any atom is -0.465 e. The number of nitrogens with one attached hydrogen (secondary N) is 2. The van der Waals surface area contributed by atoms with Crippen molar-refractivity contribution in [3.63, 3.8) is 0 Å². The zero-order chi connectivity index (χ0) is 31.4. The summed E-state index contributed by atoms with van der Waals surface area (Å²) in [6.45, 7) is 1.41. The minimum absolute atomic E-state index is 0.0642. The van der Waals surface area contributed by atoms with E-state index >= 15 is 0 Å². The first kappa shape index (κ1) is 34.5. The van der Waals surface area contributed by atoms with E-state index in [0.29, 0.717) is 24.3 Å². The predicted octanol–water partition coefficient (Wildman–Crippen LogP) is 0.428. The average molecular weight is 620 g/mol. The first-order chi connectivity index (χ1) is 20.6. The molecular weight excluding hydrogens is 578 g/mol. The monoisotopic (exact) mass is 619 g/mol. The lowest BCUT2D eigenvalue weighted by Gasteiger charge is -2.47. The molecule has 1 saturated heterocycles. The Bertz CT molecular complexity index is 1190. The van der Waals surface area contributed by atoms with Crippen molar-refractivity contribution in [3.05, 3.63) is 60.2 Å². The minimum atomic E-state index is -2.10. The van der Waals surface area contributed by atoms with Gasteiger partial charge in [0, 0.05) is 37.8 Å². The molecule has 0 bridgehead atoms. The summed E-state index contributed by atoms with van der Waals surface area (Å²) in [5.74, 6) is -2.61. The summed E-state index contributed by atoms with van der Waals surface area (Å²) in [4.78, 5) is 37.6. The van der Waals surface area contributed by atoms with Crippen LogP contribution in [0.15, 0.2) is 54.6 Å². The fraction of sp³-hybridized carbons (Fsp3) is 0.500. The number of amides is 2. The second kappa shape index (κ2) is 16.7. The normalized spacial score (nSPS) is 23.2. The van der Waals surface area contributed by atoms with Gasteiger partial charge in [-0.2, -0.15) is 11.8 Å². The first-order valence-electron chi connectivity index (χ1n) is 14.0. The summed E-state index contributed by atoms with van der Waals surface area (Å²) in [5, 5.41) is 38.1. The van der Waals surface area contributed by atoms with Gasteiger partial charge in [0.1, 0.15) is 12.2 Å². The Balaban J connectivity index is 1.70. The van der Waals surface area contributed by atoms with Gasteiger partial charge in [-0.1, -0.05) is 42.5 Å². The maximum absolute atomic E-state index is 12.9. The van der Waals surface area contributed by atoms with Crippen molar-refractivity contribution >= 4 is 29.5 Å². The summed E-state index contributed by atoms with van der Waals surface area (Å²) >= 11 is 1.61. The molecule has 7 N–H and O–H groups in total. The van der Waals surface area contributed by atoms with Crippen molar-refractivity contribution in [2.75, 3.05) is 38.3 Å². The van der Waals surface area contributed by atoms with E-state index in [1.54, 1.807) is 36.0 Å². The molecule has 0 radical (unpaired) electrons. The molecule has 12 nitrogen and oxygen atoms in total. The van der Waals surface area contributed by atoms with Gasteiger partial charge >= 0.3 is 5.97 Å². The van der Waals surface area contributed by atoms with Crippen LogP contribution in [0.4, 0.5) is 0 Å². The predicted molar refractivity (Wildman–Crippen MR) is 161 cm³/mol. The third-order valence-electron chi connectivity index (χ3n) is 6.93. The molecule has 1 aliphatic rings. The number of thioether (sulfide) groups is 1. The van der Waals surface area contributed by atoms with E-state index in [1.165, 1.54) is 6.92 Å². The second-order valence-corrected chi connectivity index (χ2v) is 11.4. The number of carbonyl (C=O) groups excluding carboxylic acids is 3. The summed E-state index contributed by atoms with van der Waals surface area (Å²) < 4.78 is 16.7. The Labute approximate surface area is 255 Å². The van der Waals surface area contributed by atoms with E-state index in [4.69, 9.17) is 19.9 Å². The van der Waals surface area contributed by atoms with E-state index in [2.05, 4.69) is 10.6 Å². The summed E-state index contributed by atoms with van der Waals surface area (Å²) in [6.07, 6.45) is -6.15. The number of carbonyl (C=O) groups is 3. The van der Waals surface area contributed by atoms with Crippen molar-refractivity contribution < 1.29 is 43.9 Å². The highest BCUT2D eigenvalue weighted by molar-refractivity contribution is 7.99. The van der Waals surface area contributed by atoms with Gasteiger partial charge in [-0.15, -0.1) is 0 Å². The Kier molecular flexibility index (Phi) is 13.4. The lowest BCUT2D eigenvalue weighted by Crippen LogP contribution is -2.68. The van der Waals surface area contributed by atoms with Crippen LogP contribution in [0.2, 0.25) is 0 Å². The van der Waals surface area contributed by atoms with Crippen LogP contribution in [0, 0.1) is 0 Å². The third kappa shape index (κ3) is 9.47. The first-order valence-corrected chi connectivity index (χ1v) is 15.2. The Hall–Kier alpha value is -3.04. The number of hydrogen-bond donors (Lipinski definition) is 6. The molecule has 2 amide bonds. The maximum Gasteiger partial charge on any atom is 0.366 e. The lowest BCUT2D eigenvalue weighted by atomic mass is 9.88. The molecule has 5 unspecified atom stereocenters. The van der Waals surface area contributed by atoms with Crippen LogP contribution in [-0.4, -0.2) is 108 Å². The molecule has 1 heterocycles. The van der Waals surface area contributed by atoms with E-state index in [9.17, 15) is 29.7 Å². The number of benzene rings is 2. The Morgan fingerprint density at radius 3 is 2.40 bits per heavy atom. The Morgan fingerprint density at radius 2 is 1.77 bits per heavy atom. The molecule has 43 heavy (non-hydrogen) atoms. The number of aliphatic hydroxyl groups is 3. The van der Waals surface area contributed by atoms with Crippen LogP contribution < -0.4 is 16.4 Å². The van der Waals surface area contributed by atoms with Gasteiger partial charge in [0.25, 0.3) is 11.7 Å². The molecule has 1 aliphatic heterocycles. The number of esters is 1. The molecule has 2 aromatic rings. The van der Waals surface area contributed by atoms with Crippen LogP contribution in [0.3, 0.4) is 0 Å². The van der Waals surface area contributed by atoms with Gasteiger partial charge in [0.15, 0.2) is 0 Å².